The summed E-state index contributed by atoms with van der Waals surface area (Å²) in [5.74, 6) is -1.65. The molecule has 0 saturated carbocycles. The van der Waals surface area contributed by atoms with E-state index < -0.39 is 21.9 Å². The second kappa shape index (κ2) is 7.03. The van der Waals surface area contributed by atoms with Gasteiger partial charge in [0.25, 0.3) is 0 Å². The summed E-state index contributed by atoms with van der Waals surface area (Å²) in [6.07, 6.45) is 0.374. The molecule has 0 aliphatic carbocycles. The van der Waals surface area contributed by atoms with Crippen LogP contribution in [-0.2, 0) is 24.3 Å². The van der Waals surface area contributed by atoms with Crippen LogP contribution in [0.3, 0.4) is 0 Å². The van der Waals surface area contributed by atoms with Crippen LogP contribution in [0.1, 0.15) is 6.42 Å². The van der Waals surface area contributed by atoms with Crippen LogP contribution in [0.4, 0.5) is 0 Å². The van der Waals surface area contributed by atoms with E-state index in [1.54, 1.807) is 0 Å². The Labute approximate surface area is 107 Å². The Morgan fingerprint density at radius 3 is 2.67 bits per heavy atom. The third kappa shape index (κ3) is 4.52. The summed E-state index contributed by atoms with van der Waals surface area (Å²) in [5.41, 5.74) is 0. The maximum atomic E-state index is 11.9. The molecule has 0 aromatic carbocycles. The summed E-state index contributed by atoms with van der Waals surface area (Å²) >= 11 is 0. The normalized spacial score (nSPS) is 21.3. The number of ether oxygens (including phenoxy) is 2. The van der Waals surface area contributed by atoms with Crippen molar-refractivity contribution in [3.63, 3.8) is 0 Å². The number of rotatable bonds is 8. The number of hydrogen-bond acceptors (Lipinski definition) is 5. The molecule has 0 aromatic rings. The first-order valence-electron chi connectivity index (χ1n) is 5.74. The number of carboxylic acids is 1. The number of carboxylic acid groups (broad SMARTS) is 1. The molecule has 7 nitrogen and oxygen atoms in total. The standard InChI is InChI=1S/C10H19NO6S/c1-16-4-5-17-6-7-18(14,15)11-3-2-9(8-11)10(12)13/h9H,2-8H2,1H3,(H,12,13). The number of sulfonamides is 1. The molecule has 0 aromatic heterocycles. The highest BCUT2D eigenvalue weighted by Gasteiger charge is 2.34. The molecule has 1 rings (SSSR count). The van der Waals surface area contributed by atoms with Crippen molar-refractivity contribution < 1.29 is 27.8 Å². The van der Waals surface area contributed by atoms with Crippen molar-refractivity contribution in [2.75, 3.05) is 45.8 Å². The summed E-state index contributed by atoms with van der Waals surface area (Å²) in [5, 5.41) is 8.81. The molecule has 18 heavy (non-hydrogen) atoms. The smallest absolute Gasteiger partial charge is 0.307 e. The number of hydrogen-bond donors (Lipinski definition) is 1. The van der Waals surface area contributed by atoms with E-state index in [0.29, 0.717) is 19.6 Å². The van der Waals surface area contributed by atoms with Gasteiger partial charge < -0.3 is 14.6 Å². The molecular formula is C10H19NO6S. The third-order valence-electron chi connectivity index (χ3n) is 2.81. The molecule has 106 valence electrons. The Morgan fingerprint density at radius 2 is 2.11 bits per heavy atom. The van der Waals surface area contributed by atoms with Gasteiger partial charge in [0.05, 0.1) is 31.5 Å². The molecule has 0 bridgehead atoms. The van der Waals surface area contributed by atoms with Gasteiger partial charge in [-0.15, -0.1) is 0 Å². The predicted molar refractivity (Wildman–Crippen MR) is 63.8 cm³/mol. The summed E-state index contributed by atoms with van der Waals surface area (Å²) in [6, 6.07) is 0. The molecule has 0 spiro atoms. The quantitative estimate of drug-likeness (QED) is 0.596. The zero-order valence-electron chi connectivity index (χ0n) is 10.4. The van der Waals surface area contributed by atoms with Gasteiger partial charge in [0.1, 0.15) is 0 Å². The molecule has 1 aliphatic heterocycles. The van der Waals surface area contributed by atoms with Gasteiger partial charge in [-0.05, 0) is 6.42 Å². The van der Waals surface area contributed by atoms with Crippen LogP contribution in [-0.4, -0.2) is 69.6 Å². The van der Waals surface area contributed by atoms with Gasteiger partial charge in [-0.3, -0.25) is 4.79 Å². The van der Waals surface area contributed by atoms with E-state index in [1.165, 1.54) is 11.4 Å². The average Bonchev–Trinajstić information content (AvgIpc) is 2.78. The second-order valence-corrected chi connectivity index (χ2v) is 6.19. The molecule has 0 amide bonds. The van der Waals surface area contributed by atoms with Crippen molar-refractivity contribution >= 4 is 16.0 Å². The van der Waals surface area contributed by atoms with E-state index in [4.69, 9.17) is 14.6 Å². The number of carbonyl (C=O) groups is 1. The van der Waals surface area contributed by atoms with E-state index >= 15 is 0 Å². The first-order valence-corrected chi connectivity index (χ1v) is 7.35. The molecule has 0 radical (unpaired) electrons. The maximum Gasteiger partial charge on any atom is 0.307 e. The van der Waals surface area contributed by atoms with Crippen molar-refractivity contribution in [2.45, 2.75) is 6.42 Å². The summed E-state index contributed by atoms with van der Waals surface area (Å²) in [6.45, 7) is 1.21. The zero-order chi connectivity index (χ0) is 13.6. The fourth-order valence-electron chi connectivity index (χ4n) is 1.72. The van der Waals surface area contributed by atoms with Gasteiger partial charge in [-0.2, -0.15) is 0 Å². The van der Waals surface area contributed by atoms with Crippen molar-refractivity contribution in [1.29, 1.82) is 0 Å². The molecule has 1 heterocycles. The van der Waals surface area contributed by atoms with Crippen molar-refractivity contribution in [2.24, 2.45) is 5.92 Å². The molecule has 1 N–H and O–H groups in total. The number of nitrogens with zero attached hydrogens (tertiary/aromatic N) is 1. The van der Waals surface area contributed by atoms with Gasteiger partial charge in [0.2, 0.25) is 10.0 Å². The topological polar surface area (TPSA) is 93.1 Å². The molecule has 1 atom stereocenters. The highest BCUT2D eigenvalue weighted by molar-refractivity contribution is 7.89. The van der Waals surface area contributed by atoms with E-state index in [2.05, 4.69) is 0 Å². The van der Waals surface area contributed by atoms with Gasteiger partial charge in [-0.25, -0.2) is 12.7 Å². The van der Waals surface area contributed by atoms with Crippen LogP contribution in [0.15, 0.2) is 0 Å². The Morgan fingerprint density at radius 1 is 1.39 bits per heavy atom. The lowest BCUT2D eigenvalue weighted by Gasteiger charge is -2.15. The van der Waals surface area contributed by atoms with Gasteiger partial charge in [0.15, 0.2) is 0 Å². The highest BCUT2D eigenvalue weighted by atomic mass is 32.2. The van der Waals surface area contributed by atoms with Gasteiger partial charge in [0, 0.05) is 20.2 Å². The van der Waals surface area contributed by atoms with E-state index in [9.17, 15) is 13.2 Å². The van der Waals surface area contributed by atoms with Gasteiger partial charge in [-0.1, -0.05) is 0 Å². The highest BCUT2D eigenvalue weighted by Crippen LogP contribution is 2.19. The lowest BCUT2D eigenvalue weighted by atomic mass is 10.1. The minimum absolute atomic E-state index is 0.0652. The minimum atomic E-state index is -3.41. The lowest BCUT2D eigenvalue weighted by Crippen LogP contribution is -2.33. The Hall–Kier alpha value is -0.700. The van der Waals surface area contributed by atoms with Crippen LogP contribution in [0.5, 0.6) is 0 Å². The molecule has 1 unspecified atom stereocenters. The summed E-state index contributed by atoms with van der Waals surface area (Å²) in [7, 11) is -1.87. The Kier molecular flexibility index (Phi) is 6.00. The van der Waals surface area contributed by atoms with Crippen LogP contribution >= 0.6 is 0 Å². The molecule has 1 saturated heterocycles. The van der Waals surface area contributed by atoms with Crippen LogP contribution in [0.2, 0.25) is 0 Å². The van der Waals surface area contributed by atoms with Gasteiger partial charge >= 0.3 is 5.97 Å². The third-order valence-corrected chi connectivity index (χ3v) is 4.61. The van der Waals surface area contributed by atoms with Crippen molar-refractivity contribution in [3.05, 3.63) is 0 Å². The minimum Gasteiger partial charge on any atom is -0.481 e. The van der Waals surface area contributed by atoms with Crippen molar-refractivity contribution in [3.8, 4) is 0 Å². The first-order chi connectivity index (χ1) is 8.47. The fourth-order valence-corrected chi connectivity index (χ4v) is 3.10. The predicted octanol–water partition coefficient (Wildman–Crippen LogP) is -0.614. The van der Waals surface area contributed by atoms with Crippen LogP contribution in [0.25, 0.3) is 0 Å². The van der Waals surface area contributed by atoms with Crippen LogP contribution in [0, 0.1) is 5.92 Å². The number of aliphatic carboxylic acids is 1. The Bertz CT molecular complexity index is 369. The Balaban J connectivity index is 2.33. The average molecular weight is 281 g/mol. The van der Waals surface area contributed by atoms with Crippen molar-refractivity contribution in [1.82, 2.24) is 4.31 Å². The second-order valence-electron chi connectivity index (χ2n) is 4.10. The zero-order valence-corrected chi connectivity index (χ0v) is 11.2. The maximum absolute atomic E-state index is 11.9. The summed E-state index contributed by atoms with van der Waals surface area (Å²) in [4.78, 5) is 10.7. The lowest BCUT2D eigenvalue weighted by molar-refractivity contribution is -0.141. The van der Waals surface area contributed by atoms with E-state index in [-0.39, 0.29) is 25.4 Å². The molecule has 1 aliphatic rings. The van der Waals surface area contributed by atoms with E-state index in [0.717, 1.165) is 0 Å². The van der Waals surface area contributed by atoms with Crippen LogP contribution < -0.4 is 0 Å². The first kappa shape index (κ1) is 15.4. The molecular weight excluding hydrogens is 262 g/mol. The molecule has 1 fully saturated rings. The fraction of sp³-hybridized carbons (Fsp3) is 0.900. The molecule has 8 heteroatoms. The summed E-state index contributed by atoms with van der Waals surface area (Å²) < 4.78 is 34.8. The largest absolute Gasteiger partial charge is 0.481 e. The van der Waals surface area contributed by atoms with E-state index in [1.807, 2.05) is 0 Å². The monoisotopic (exact) mass is 281 g/mol. The SMILES string of the molecule is COCCOCCS(=O)(=O)N1CCC(C(=O)O)C1. The number of methoxy groups -OCH3 is 1.